The molecule has 1 saturated heterocycles. The number of likely N-dealkylation sites (tertiary alicyclic amines) is 1. The molecule has 0 aliphatic carbocycles. The third kappa shape index (κ3) is 4.54. The molecule has 3 amide bonds. The number of carbonyl (C=O) groups is 3. The molecule has 1 N–H and O–H groups in total. The Balaban J connectivity index is 1.38. The van der Waals surface area contributed by atoms with E-state index in [1.807, 2.05) is 48.8 Å². The van der Waals surface area contributed by atoms with Gasteiger partial charge in [-0.1, -0.05) is 39.0 Å². The lowest BCUT2D eigenvalue weighted by atomic mass is 9.91. The van der Waals surface area contributed by atoms with Gasteiger partial charge in [-0.3, -0.25) is 14.4 Å². The summed E-state index contributed by atoms with van der Waals surface area (Å²) in [7, 11) is 0. The number of piperidine rings is 1. The molecule has 1 unspecified atom stereocenters. The fourth-order valence-corrected chi connectivity index (χ4v) is 4.50. The van der Waals surface area contributed by atoms with Gasteiger partial charge < -0.3 is 15.1 Å². The smallest absolute Gasteiger partial charge is 0.258 e. The van der Waals surface area contributed by atoms with Crippen molar-refractivity contribution >= 4 is 29.1 Å². The van der Waals surface area contributed by atoms with Crippen LogP contribution in [-0.4, -0.2) is 42.3 Å². The van der Waals surface area contributed by atoms with Gasteiger partial charge in [0, 0.05) is 42.0 Å². The Morgan fingerprint density at radius 2 is 1.69 bits per heavy atom. The Morgan fingerprint density at radius 3 is 2.41 bits per heavy atom. The van der Waals surface area contributed by atoms with Crippen molar-refractivity contribution < 1.29 is 14.4 Å². The van der Waals surface area contributed by atoms with Crippen LogP contribution in [0.4, 0.5) is 11.4 Å². The molecule has 168 valence electrons. The summed E-state index contributed by atoms with van der Waals surface area (Å²) in [4.78, 5) is 42.0. The van der Waals surface area contributed by atoms with E-state index in [0.29, 0.717) is 30.9 Å². The van der Waals surface area contributed by atoms with Crippen LogP contribution in [0.15, 0.2) is 48.5 Å². The van der Waals surface area contributed by atoms with Gasteiger partial charge in [-0.05, 0) is 55.2 Å². The molecular weight excluding hydrogens is 402 g/mol. The van der Waals surface area contributed by atoms with Crippen molar-refractivity contribution in [2.45, 2.75) is 40.0 Å². The fraction of sp³-hybridized carbons (Fsp3) is 0.423. The van der Waals surface area contributed by atoms with Gasteiger partial charge in [-0.2, -0.15) is 0 Å². The molecule has 2 aliphatic heterocycles. The first-order chi connectivity index (χ1) is 15.2. The third-order valence-electron chi connectivity index (χ3n) is 6.25. The molecule has 2 aromatic carbocycles. The SMILES string of the molecule is CC(C)(C)C(=O)N1CCCC(C(=O)Nc2ccc(C(=O)N3CCc4ccccc43)cc2)C1. The standard InChI is InChI=1S/C26H31N3O3/c1-26(2,3)25(32)28-15-6-8-20(17-28)23(30)27-21-12-10-19(11-13-21)24(31)29-16-14-18-7-4-5-9-22(18)29/h4-5,7,9-13,20H,6,8,14-17H2,1-3H3,(H,27,30). The number of amides is 3. The first kappa shape index (κ1) is 22.1. The van der Waals surface area contributed by atoms with E-state index in [4.69, 9.17) is 0 Å². The second-order valence-corrected chi connectivity index (χ2v) is 9.74. The Bertz CT molecular complexity index is 1020. The number of nitrogens with one attached hydrogen (secondary N) is 1. The molecule has 0 radical (unpaired) electrons. The molecule has 32 heavy (non-hydrogen) atoms. The maximum Gasteiger partial charge on any atom is 0.258 e. The van der Waals surface area contributed by atoms with Crippen LogP contribution in [0.1, 0.15) is 49.5 Å². The molecule has 0 spiro atoms. The molecular formula is C26H31N3O3. The van der Waals surface area contributed by atoms with Crippen LogP contribution < -0.4 is 10.2 Å². The van der Waals surface area contributed by atoms with Crippen molar-refractivity contribution in [3.05, 3.63) is 59.7 Å². The Hall–Kier alpha value is -3.15. The molecule has 2 heterocycles. The predicted octanol–water partition coefficient (Wildman–Crippen LogP) is 4.11. The number of carbonyl (C=O) groups excluding carboxylic acids is 3. The zero-order valence-corrected chi connectivity index (χ0v) is 19.1. The van der Waals surface area contributed by atoms with Gasteiger partial charge in [-0.15, -0.1) is 0 Å². The lowest BCUT2D eigenvalue weighted by Gasteiger charge is -2.35. The number of anilines is 2. The highest BCUT2D eigenvalue weighted by atomic mass is 16.2. The number of fused-ring (bicyclic) bond motifs is 1. The Labute approximate surface area is 189 Å². The summed E-state index contributed by atoms with van der Waals surface area (Å²) in [5.74, 6) is -0.251. The summed E-state index contributed by atoms with van der Waals surface area (Å²) in [5.41, 5.74) is 2.97. The first-order valence-corrected chi connectivity index (χ1v) is 11.3. The minimum atomic E-state index is -0.448. The lowest BCUT2D eigenvalue weighted by Crippen LogP contribution is -2.47. The summed E-state index contributed by atoms with van der Waals surface area (Å²) in [6.07, 6.45) is 2.46. The van der Waals surface area contributed by atoms with E-state index >= 15 is 0 Å². The maximum atomic E-state index is 13.0. The Kier molecular flexibility index (Phi) is 6.04. The summed E-state index contributed by atoms with van der Waals surface area (Å²) in [6, 6.07) is 15.0. The van der Waals surface area contributed by atoms with Gasteiger partial charge in [0.15, 0.2) is 0 Å². The molecule has 6 nitrogen and oxygen atoms in total. The summed E-state index contributed by atoms with van der Waals surface area (Å²) < 4.78 is 0. The molecule has 0 bridgehead atoms. The molecule has 1 fully saturated rings. The fourth-order valence-electron chi connectivity index (χ4n) is 4.50. The number of hydrogen-bond donors (Lipinski definition) is 1. The average molecular weight is 434 g/mol. The van der Waals surface area contributed by atoms with E-state index in [1.165, 1.54) is 5.56 Å². The van der Waals surface area contributed by atoms with Gasteiger partial charge in [0.1, 0.15) is 0 Å². The van der Waals surface area contributed by atoms with Crippen LogP contribution in [0.5, 0.6) is 0 Å². The zero-order valence-electron chi connectivity index (χ0n) is 19.1. The van der Waals surface area contributed by atoms with E-state index in [0.717, 1.165) is 24.9 Å². The average Bonchev–Trinajstić information content (AvgIpc) is 3.22. The van der Waals surface area contributed by atoms with Crippen LogP contribution >= 0.6 is 0 Å². The summed E-state index contributed by atoms with van der Waals surface area (Å²) >= 11 is 0. The topological polar surface area (TPSA) is 69.7 Å². The summed E-state index contributed by atoms with van der Waals surface area (Å²) in [6.45, 7) is 7.55. The van der Waals surface area contributed by atoms with Gasteiger partial charge >= 0.3 is 0 Å². The van der Waals surface area contributed by atoms with Gasteiger partial charge in [0.2, 0.25) is 11.8 Å². The van der Waals surface area contributed by atoms with Crippen molar-refractivity contribution in [3.63, 3.8) is 0 Å². The van der Waals surface area contributed by atoms with Crippen molar-refractivity contribution in [2.75, 3.05) is 29.9 Å². The number of benzene rings is 2. The molecule has 0 saturated carbocycles. The number of para-hydroxylation sites is 1. The Morgan fingerprint density at radius 1 is 0.969 bits per heavy atom. The highest BCUT2D eigenvalue weighted by Gasteiger charge is 2.33. The molecule has 2 aliphatic rings. The molecule has 4 rings (SSSR count). The number of rotatable bonds is 3. The second kappa shape index (κ2) is 8.77. The summed E-state index contributed by atoms with van der Waals surface area (Å²) in [5, 5.41) is 2.96. The first-order valence-electron chi connectivity index (χ1n) is 11.3. The van der Waals surface area contributed by atoms with Gasteiger partial charge in [0.25, 0.3) is 5.91 Å². The maximum absolute atomic E-state index is 13.0. The number of hydrogen-bond acceptors (Lipinski definition) is 3. The largest absolute Gasteiger partial charge is 0.341 e. The normalized spacial score (nSPS) is 18.3. The van der Waals surface area contributed by atoms with E-state index in [2.05, 4.69) is 11.4 Å². The minimum absolute atomic E-state index is 0.0311. The minimum Gasteiger partial charge on any atom is -0.341 e. The van der Waals surface area contributed by atoms with Crippen molar-refractivity contribution in [1.82, 2.24) is 4.90 Å². The van der Waals surface area contributed by atoms with Crippen LogP contribution in [-0.2, 0) is 16.0 Å². The van der Waals surface area contributed by atoms with Crippen molar-refractivity contribution in [3.8, 4) is 0 Å². The quantitative estimate of drug-likeness (QED) is 0.792. The molecule has 2 aromatic rings. The van der Waals surface area contributed by atoms with Crippen LogP contribution in [0.2, 0.25) is 0 Å². The van der Waals surface area contributed by atoms with Crippen LogP contribution in [0, 0.1) is 11.3 Å². The van der Waals surface area contributed by atoms with E-state index in [1.54, 1.807) is 24.3 Å². The van der Waals surface area contributed by atoms with Crippen LogP contribution in [0.25, 0.3) is 0 Å². The van der Waals surface area contributed by atoms with E-state index < -0.39 is 5.41 Å². The van der Waals surface area contributed by atoms with Gasteiger partial charge in [0.05, 0.1) is 5.92 Å². The highest BCUT2D eigenvalue weighted by molar-refractivity contribution is 6.07. The van der Waals surface area contributed by atoms with Gasteiger partial charge in [-0.25, -0.2) is 0 Å². The van der Waals surface area contributed by atoms with Crippen LogP contribution in [0.3, 0.4) is 0 Å². The highest BCUT2D eigenvalue weighted by Crippen LogP contribution is 2.29. The molecule has 1 atom stereocenters. The molecule has 0 aromatic heterocycles. The van der Waals surface area contributed by atoms with E-state index in [9.17, 15) is 14.4 Å². The predicted molar refractivity (Wildman–Crippen MR) is 126 cm³/mol. The van der Waals surface area contributed by atoms with E-state index in [-0.39, 0.29) is 23.6 Å². The second-order valence-electron chi connectivity index (χ2n) is 9.74. The number of nitrogens with zero attached hydrogens (tertiary/aromatic N) is 2. The van der Waals surface area contributed by atoms with Crippen molar-refractivity contribution in [2.24, 2.45) is 11.3 Å². The molecule has 6 heteroatoms. The zero-order chi connectivity index (χ0) is 22.9. The third-order valence-corrected chi connectivity index (χ3v) is 6.25. The van der Waals surface area contributed by atoms with Crippen molar-refractivity contribution in [1.29, 1.82) is 0 Å². The lowest BCUT2D eigenvalue weighted by molar-refractivity contribution is -0.142. The monoisotopic (exact) mass is 433 g/mol.